The van der Waals surface area contributed by atoms with E-state index < -0.39 is 7.72 Å². The molecule has 0 aliphatic rings. The van der Waals surface area contributed by atoms with Crippen molar-refractivity contribution in [1.82, 2.24) is 0 Å². The molecule has 0 fully saturated rings. The van der Waals surface area contributed by atoms with E-state index in [4.69, 9.17) is 9.79 Å². The first kappa shape index (κ1) is 7.35. The molecule has 2 nitrogen and oxygen atoms in total. The average molecular weight is 124 g/mol. The summed E-state index contributed by atoms with van der Waals surface area (Å²) in [6.45, 7) is 3.60. The van der Waals surface area contributed by atoms with E-state index in [-0.39, 0.29) is 0 Å². The first-order valence-corrected chi connectivity index (χ1v) is 4.88. The Kier molecular flexibility index (Phi) is 2.74. The molecule has 0 aromatic heterocycles. The van der Waals surface area contributed by atoms with Gasteiger partial charge in [0.15, 0.2) is 0 Å². The summed E-state index contributed by atoms with van der Waals surface area (Å²) in [6, 6.07) is 0. The fourth-order valence-electron chi connectivity index (χ4n) is 0.250. The van der Waals surface area contributed by atoms with Crippen LogP contribution in [0, 0.1) is 0 Å². The van der Waals surface area contributed by atoms with Gasteiger partial charge >= 0.3 is 43.7 Å². The first-order chi connectivity index (χ1) is 3.12. The van der Waals surface area contributed by atoms with E-state index in [1.807, 2.05) is 0 Å². The van der Waals surface area contributed by atoms with Gasteiger partial charge in [0.2, 0.25) is 0 Å². The number of hydrogen-bond acceptors (Lipinski definition) is 2. The van der Waals surface area contributed by atoms with Crippen LogP contribution in [-0.2, 0) is 0 Å². The molecule has 46 valence electrons. The van der Waals surface area contributed by atoms with Gasteiger partial charge in [-0.25, -0.2) is 0 Å². The van der Waals surface area contributed by atoms with Gasteiger partial charge < -0.3 is 0 Å². The van der Waals surface area contributed by atoms with E-state index in [1.54, 1.807) is 13.8 Å². The Hall–Kier alpha value is 0.350. The van der Waals surface area contributed by atoms with Gasteiger partial charge in [-0.2, -0.15) is 0 Å². The van der Waals surface area contributed by atoms with Crippen LogP contribution in [-0.4, -0.2) is 22.1 Å². The Balaban J connectivity index is 3.36. The van der Waals surface area contributed by atoms with Crippen molar-refractivity contribution in [1.29, 1.82) is 0 Å². The van der Waals surface area contributed by atoms with Crippen molar-refractivity contribution in [3.8, 4) is 0 Å². The van der Waals surface area contributed by atoms with Crippen molar-refractivity contribution in [2.75, 3.05) is 12.3 Å². The molecule has 0 spiro atoms. The molecule has 7 heavy (non-hydrogen) atoms. The van der Waals surface area contributed by atoms with Crippen molar-refractivity contribution in [3.63, 3.8) is 0 Å². The molecule has 0 saturated carbocycles. The van der Waals surface area contributed by atoms with E-state index in [2.05, 4.69) is 0 Å². The fraction of sp³-hybridized carbons (Fsp3) is 1.00. The van der Waals surface area contributed by atoms with Crippen LogP contribution in [0.4, 0.5) is 0 Å². The molecule has 0 bridgehead atoms. The first-order valence-electron chi connectivity index (χ1n) is 2.57. The van der Waals surface area contributed by atoms with Gasteiger partial charge in [0.25, 0.3) is 0 Å². The molecule has 0 aliphatic carbocycles. The quantitative estimate of drug-likeness (QED) is 0.529. The Bertz CT molecular complexity index is 47.7. The van der Waals surface area contributed by atoms with E-state index in [9.17, 15) is 0 Å². The van der Waals surface area contributed by atoms with Crippen molar-refractivity contribution in [3.05, 3.63) is 0 Å². The Morgan fingerprint density at radius 2 is 1.43 bits per heavy atom. The summed E-state index contributed by atoms with van der Waals surface area (Å²) >= 11 is 0. The minimum atomic E-state index is -2.65. The van der Waals surface area contributed by atoms with Crippen molar-refractivity contribution in [2.45, 2.75) is 13.8 Å². The summed E-state index contributed by atoms with van der Waals surface area (Å²) in [5.41, 5.74) is 0. The summed E-state index contributed by atoms with van der Waals surface area (Å²) in [4.78, 5) is 17.7. The van der Waals surface area contributed by atoms with Crippen LogP contribution in [0.25, 0.3) is 0 Å². The Labute approximate surface area is 44.7 Å². The van der Waals surface area contributed by atoms with Gasteiger partial charge in [-0.3, -0.25) is 0 Å². The molecule has 2 N–H and O–H groups in total. The van der Waals surface area contributed by atoms with Gasteiger partial charge in [0.05, 0.1) is 0 Å². The molecular formula is C4H13O2P. The molecular weight excluding hydrogens is 111 g/mol. The summed E-state index contributed by atoms with van der Waals surface area (Å²) in [5.74, 6) is 0. The third-order valence-corrected chi connectivity index (χ3v) is 3.40. The molecule has 0 amide bonds. The van der Waals surface area contributed by atoms with Crippen LogP contribution in [0.15, 0.2) is 0 Å². The van der Waals surface area contributed by atoms with Crippen molar-refractivity contribution in [2.24, 2.45) is 0 Å². The summed E-state index contributed by atoms with van der Waals surface area (Å²) in [5, 5.41) is 0. The maximum atomic E-state index is 8.83. The molecule has 0 heterocycles. The maximum absolute atomic E-state index is 8.83. The van der Waals surface area contributed by atoms with Crippen LogP contribution >= 0.6 is 7.72 Å². The second-order valence-electron chi connectivity index (χ2n) is 1.69. The predicted molar refractivity (Wildman–Crippen MR) is 33.8 cm³/mol. The monoisotopic (exact) mass is 124 g/mol. The molecule has 0 aromatic carbocycles. The van der Waals surface area contributed by atoms with Crippen LogP contribution in [0.1, 0.15) is 13.8 Å². The second kappa shape index (κ2) is 2.61. The zero-order chi connectivity index (χ0) is 5.91. The van der Waals surface area contributed by atoms with Gasteiger partial charge in [-0.05, 0) is 0 Å². The molecule has 0 aliphatic heterocycles. The molecule has 3 heteroatoms. The molecule has 0 radical (unpaired) electrons. The fourth-order valence-corrected chi connectivity index (χ4v) is 0.750. The Morgan fingerprint density at radius 3 is 1.43 bits per heavy atom. The third-order valence-electron chi connectivity index (χ3n) is 1.13. The summed E-state index contributed by atoms with van der Waals surface area (Å²) in [6.07, 6.45) is 1.09. The molecule has 0 atom stereocenters. The zero-order valence-corrected chi connectivity index (χ0v) is 5.81. The molecule has 0 aromatic rings. The van der Waals surface area contributed by atoms with Gasteiger partial charge in [-0.1, -0.05) is 0 Å². The van der Waals surface area contributed by atoms with Gasteiger partial charge in [0, 0.05) is 0 Å². The zero-order valence-electron chi connectivity index (χ0n) is 4.81. The van der Waals surface area contributed by atoms with Gasteiger partial charge in [-0.15, -0.1) is 0 Å². The van der Waals surface area contributed by atoms with E-state index >= 15 is 0 Å². The summed E-state index contributed by atoms with van der Waals surface area (Å²) < 4.78 is 0. The van der Waals surface area contributed by atoms with E-state index in [0.717, 1.165) is 0 Å². The SMILES string of the molecule is CC[PH](O)(O)CC. The minimum absolute atomic E-state index is 0.545. The standard InChI is InChI=1S/C4H13O2P/c1-3-7(5,6)4-2/h5-7H,3-4H2,1-2H3. The number of hydrogen-bond donors (Lipinski definition) is 2. The predicted octanol–water partition coefficient (Wildman–Crippen LogP) is 0.591. The van der Waals surface area contributed by atoms with Gasteiger partial charge in [0.1, 0.15) is 0 Å². The van der Waals surface area contributed by atoms with Crippen molar-refractivity contribution < 1.29 is 9.79 Å². The topological polar surface area (TPSA) is 40.5 Å². The van der Waals surface area contributed by atoms with E-state index in [1.165, 1.54) is 0 Å². The summed E-state index contributed by atoms with van der Waals surface area (Å²) in [7, 11) is -2.65. The normalized spacial score (nSPS) is 14.3. The number of rotatable bonds is 2. The van der Waals surface area contributed by atoms with Crippen molar-refractivity contribution >= 4 is 7.72 Å². The van der Waals surface area contributed by atoms with Crippen LogP contribution in [0.2, 0.25) is 0 Å². The molecule has 0 rings (SSSR count). The second-order valence-corrected chi connectivity index (χ2v) is 5.07. The van der Waals surface area contributed by atoms with E-state index in [0.29, 0.717) is 12.3 Å². The molecule has 0 unspecified atom stereocenters. The van der Waals surface area contributed by atoms with Crippen LogP contribution in [0.3, 0.4) is 0 Å². The van der Waals surface area contributed by atoms with Crippen LogP contribution < -0.4 is 0 Å². The third kappa shape index (κ3) is 2.98. The Morgan fingerprint density at radius 1 is 1.14 bits per heavy atom. The average Bonchev–Trinajstić information content (AvgIpc) is 1.68. The van der Waals surface area contributed by atoms with Crippen LogP contribution in [0.5, 0.6) is 0 Å². The molecule has 0 saturated heterocycles.